The molecule has 5 atom stereocenters. The first-order valence-electron chi connectivity index (χ1n) is 8.42. The van der Waals surface area contributed by atoms with E-state index in [1.807, 2.05) is 0 Å². The number of methoxy groups -OCH3 is 2. The second-order valence-corrected chi connectivity index (χ2v) is 6.81. The minimum Gasteiger partial charge on any atom is -0.459 e. The van der Waals surface area contributed by atoms with Gasteiger partial charge in [-0.05, 0) is 26.7 Å². The summed E-state index contributed by atoms with van der Waals surface area (Å²) in [6.07, 6.45) is 0.935. The molecule has 138 valence electrons. The van der Waals surface area contributed by atoms with E-state index in [0.29, 0.717) is 12.9 Å². The molecule has 0 spiro atoms. The lowest BCUT2D eigenvalue weighted by Gasteiger charge is -2.34. The first-order valence-corrected chi connectivity index (χ1v) is 8.42. The highest BCUT2D eigenvalue weighted by atomic mass is 16.8. The summed E-state index contributed by atoms with van der Waals surface area (Å²) >= 11 is 0. The van der Waals surface area contributed by atoms with Crippen molar-refractivity contribution in [1.82, 2.24) is 0 Å². The first-order chi connectivity index (χ1) is 11.4. The fourth-order valence-corrected chi connectivity index (χ4v) is 3.64. The Morgan fingerprint density at radius 3 is 2.62 bits per heavy atom. The van der Waals surface area contributed by atoms with Gasteiger partial charge >= 0.3 is 0 Å². The predicted molar refractivity (Wildman–Crippen MR) is 84.4 cm³/mol. The average molecular weight is 344 g/mol. The third kappa shape index (κ3) is 4.33. The third-order valence-electron chi connectivity index (χ3n) is 4.70. The molecule has 1 saturated carbocycles. The van der Waals surface area contributed by atoms with Gasteiger partial charge in [0.1, 0.15) is 24.1 Å². The molecule has 0 radical (unpaired) electrons. The summed E-state index contributed by atoms with van der Waals surface area (Å²) in [5.41, 5.74) is 0. The number of hydrogen-bond acceptors (Lipinski definition) is 7. The average Bonchev–Trinajstić information content (AvgIpc) is 2.86. The maximum Gasteiger partial charge on any atom is 0.293 e. The van der Waals surface area contributed by atoms with Crippen molar-refractivity contribution in [3.63, 3.8) is 0 Å². The molecule has 1 heterocycles. The lowest BCUT2D eigenvalue weighted by molar-refractivity contribution is -0.180. The first kappa shape index (κ1) is 19.3. The second-order valence-electron chi connectivity index (χ2n) is 6.81. The molecular formula is C17H28O7. The van der Waals surface area contributed by atoms with E-state index in [4.69, 9.17) is 23.7 Å². The molecule has 7 heteroatoms. The molecule has 2 rings (SSSR count). The molecule has 1 aliphatic carbocycles. The standard InChI is InChI=1S/C17H28O7/c1-17(2)23-14(11-7-5-6-8-12(11)19)16(24-17)15(22-10-18)13(21-4)9-20-3/h10-11,13-16H,5-9H2,1-4H3/t11?,13-,14+,15-,16+/m1/s1. The highest BCUT2D eigenvalue weighted by Gasteiger charge is 2.52. The van der Waals surface area contributed by atoms with E-state index in [2.05, 4.69) is 0 Å². The predicted octanol–water partition coefficient (Wildman–Crippen LogP) is 1.47. The van der Waals surface area contributed by atoms with Gasteiger partial charge in [0.15, 0.2) is 11.9 Å². The van der Waals surface area contributed by atoms with E-state index < -0.39 is 30.2 Å². The molecule has 7 nitrogen and oxygen atoms in total. The molecule has 0 amide bonds. The highest BCUT2D eigenvalue weighted by molar-refractivity contribution is 5.82. The van der Waals surface area contributed by atoms with Gasteiger partial charge in [-0.3, -0.25) is 9.59 Å². The summed E-state index contributed by atoms with van der Waals surface area (Å²) < 4.78 is 27.9. The summed E-state index contributed by atoms with van der Waals surface area (Å²) in [7, 11) is 3.06. The van der Waals surface area contributed by atoms with Crippen LogP contribution in [-0.2, 0) is 33.3 Å². The molecule has 0 aromatic rings. The van der Waals surface area contributed by atoms with E-state index in [1.54, 1.807) is 21.0 Å². The van der Waals surface area contributed by atoms with Crippen molar-refractivity contribution in [2.75, 3.05) is 20.8 Å². The minimum atomic E-state index is -0.858. The van der Waals surface area contributed by atoms with Crippen LogP contribution in [0.1, 0.15) is 39.5 Å². The van der Waals surface area contributed by atoms with Crippen LogP contribution in [0.3, 0.4) is 0 Å². The molecule has 0 aromatic heterocycles. The summed E-state index contributed by atoms with van der Waals surface area (Å²) in [4.78, 5) is 23.4. The van der Waals surface area contributed by atoms with E-state index in [0.717, 1.165) is 19.3 Å². The van der Waals surface area contributed by atoms with Gasteiger partial charge in [-0.25, -0.2) is 0 Å². The number of carbonyl (C=O) groups excluding carboxylic acids is 2. The molecule has 1 aliphatic heterocycles. The SMILES string of the molecule is COC[C@@H](OC)[C@@H](OC=O)[C@H]1OC(C)(C)O[C@H]1C1CCCCC1=O. The number of rotatable bonds is 8. The minimum absolute atomic E-state index is 0.183. The molecular weight excluding hydrogens is 316 g/mol. The van der Waals surface area contributed by atoms with E-state index in [1.165, 1.54) is 7.11 Å². The number of ketones is 1. The molecule has 0 N–H and O–H groups in total. The summed E-state index contributed by atoms with van der Waals surface area (Å²) in [5.74, 6) is -0.922. The third-order valence-corrected chi connectivity index (χ3v) is 4.70. The Balaban J connectivity index is 2.26. The van der Waals surface area contributed by atoms with Gasteiger partial charge in [0.25, 0.3) is 6.47 Å². The zero-order chi connectivity index (χ0) is 17.7. The Morgan fingerprint density at radius 2 is 2.04 bits per heavy atom. The van der Waals surface area contributed by atoms with E-state index in [-0.39, 0.29) is 18.3 Å². The number of ether oxygens (including phenoxy) is 5. The smallest absolute Gasteiger partial charge is 0.293 e. The fourth-order valence-electron chi connectivity index (χ4n) is 3.64. The van der Waals surface area contributed by atoms with Crippen LogP contribution < -0.4 is 0 Å². The Hall–Kier alpha value is -1.02. The van der Waals surface area contributed by atoms with Crippen LogP contribution in [0.4, 0.5) is 0 Å². The van der Waals surface area contributed by atoms with Gasteiger partial charge in [-0.15, -0.1) is 0 Å². The number of hydrogen-bond donors (Lipinski definition) is 0. The van der Waals surface area contributed by atoms with Crippen LogP contribution in [0.2, 0.25) is 0 Å². The molecule has 1 saturated heterocycles. The van der Waals surface area contributed by atoms with Crippen molar-refractivity contribution in [3.8, 4) is 0 Å². The Bertz CT molecular complexity index is 437. The normalized spacial score (nSPS) is 32.3. The number of carbonyl (C=O) groups is 2. The topological polar surface area (TPSA) is 80.3 Å². The van der Waals surface area contributed by atoms with Gasteiger partial charge in [0.05, 0.1) is 6.61 Å². The summed E-state index contributed by atoms with van der Waals surface area (Å²) in [6.45, 7) is 4.20. The van der Waals surface area contributed by atoms with Crippen molar-refractivity contribution in [2.24, 2.45) is 5.92 Å². The van der Waals surface area contributed by atoms with Crippen LogP contribution in [0.15, 0.2) is 0 Å². The van der Waals surface area contributed by atoms with Gasteiger partial charge in [-0.1, -0.05) is 6.42 Å². The molecule has 0 bridgehead atoms. The lowest BCUT2D eigenvalue weighted by atomic mass is 9.80. The molecule has 2 aliphatic rings. The summed E-state index contributed by atoms with van der Waals surface area (Å²) in [6, 6.07) is 0. The van der Waals surface area contributed by atoms with E-state index in [9.17, 15) is 9.59 Å². The van der Waals surface area contributed by atoms with Crippen LogP contribution >= 0.6 is 0 Å². The van der Waals surface area contributed by atoms with Crippen molar-refractivity contribution >= 4 is 12.3 Å². The van der Waals surface area contributed by atoms with Gasteiger partial charge in [0.2, 0.25) is 0 Å². The zero-order valence-corrected chi connectivity index (χ0v) is 14.9. The second kappa shape index (κ2) is 8.38. The van der Waals surface area contributed by atoms with Gasteiger partial charge in [-0.2, -0.15) is 0 Å². The van der Waals surface area contributed by atoms with E-state index >= 15 is 0 Å². The largest absolute Gasteiger partial charge is 0.459 e. The molecule has 1 unspecified atom stereocenters. The number of Topliss-reactive ketones (excluding diaryl/α,β-unsaturated/α-hetero) is 1. The van der Waals surface area contributed by atoms with Crippen molar-refractivity contribution in [1.29, 1.82) is 0 Å². The fraction of sp³-hybridized carbons (Fsp3) is 0.882. The van der Waals surface area contributed by atoms with Crippen molar-refractivity contribution in [3.05, 3.63) is 0 Å². The van der Waals surface area contributed by atoms with Gasteiger partial charge < -0.3 is 23.7 Å². The molecule has 2 fully saturated rings. The van der Waals surface area contributed by atoms with Crippen molar-refractivity contribution in [2.45, 2.75) is 69.7 Å². The zero-order valence-electron chi connectivity index (χ0n) is 14.9. The highest BCUT2D eigenvalue weighted by Crippen LogP contribution is 2.39. The van der Waals surface area contributed by atoms with Crippen molar-refractivity contribution < 1.29 is 33.3 Å². The lowest BCUT2D eigenvalue weighted by Crippen LogP contribution is -2.50. The van der Waals surface area contributed by atoms with Gasteiger partial charge in [0, 0.05) is 26.6 Å². The van der Waals surface area contributed by atoms with Crippen LogP contribution in [-0.4, -0.2) is 63.3 Å². The Labute approximate surface area is 142 Å². The monoisotopic (exact) mass is 344 g/mol. The molecule has 0 aromatic carbocycles. The molecule has 24 heavy (non-hydrogen) atoms. The Kier molecular flexibility index (Phi) is 6.74. The van der Waals surface area contributed by atoms with Crippen LogP contribution in [0, 0.1) is 5.92 Å². The maximum atomic E-state index is 12.4. The van der Waals surface area contributed by atoms with Crippen LogP contribution in [0.25, 0.3) is 0 Å². The Morgan fingerprint density at radius 1 is 1.29 bits per heavy atom. The van der Waals surface area contributed by atoms with Crippen LogP contribution in [0.5, 0.6) is 0 Å². The maximum absolute atomic E-state index is 12.4. The summed E-state index contributed by atoms with van der Waals surface area (Å²) in [5, 5.41) is 0. The quantitative estimate of drug-likeness (QED) is 0.617.